The Kier molecular flexibility index (Phi) is 7.82. The van der Waals surface area contributed by atoms with Crippen LogP contribution >= 0.6 is 0 Å². The molecule has 6 heteroatoms. The summed E-state index contributed by atoms with van der Waals surface area (Å²) in [7, 11) is 0. The number of benzene rings is 2. The second kappa shape index (κ2) is 10.3. The molecule has 0 fully saturated rings. The number of anilines is 2. The van der Waals surface area contributed by atoms with Crippen LogP contribution in [0.15, 0.2) is 54.6 Å². The van der Waals surface area contributed by atoms with Crippen molar-refractivity contribution in [1.82, 2.24) is 0 Å². The first-order chi connectivity index (χ1) is 13.0. The van der Waals surface area contributed by atoms with Gasteiger partial charge in [-0.1, -0.05) is 30.3 Å². The van der Waals surface area contributed by atoms with Crippen molar-refractivity contribution in [3.8, 4) is 0 Å². The molecule has 1 amide bonds. The molecule has 0 heterocycles. The van der Waals surface area contributed by atoms with E-state index in [9.17, 15) is 14.7 Å². The lowest BCUT2D eigenvalue weighted by Gasteiger charge is -2.21. The minimum atomic E-state index is -1.24. The van der Waals surface area contributed by atoms with Crippen molar-refractivity contribution >= 4 is 23.3 Å². The molecule has 3 N–H and O–H groups in total. The highest BCUT2D eigenvalue weighted by Gasteiger charge is 2.22. The number of nitrogens with zero attached hydrogens (tertiary/aromatic N) is 1. The summed E-state index contributed by atoms with van der Waals surface area (Å²) in [5.74, 6) is -1.58. The Balaban J connectivity index is 2.01. The van der Waals surface area contributed by atoms with Gasteiger partial charge in [0.1, 0.15) is 6.54 Å². The molecule has 2 rings (SSSR count). The monoisotopic (exact) mass is 369 g/mol. The average Bonchev–Trinajstić information content (AvgIpc) is 2.68. The summed E-state index contributed by atoms with van der Waals surface area (Å²) in [4.78, 5) is 25.8. The van der Waals surface area contributed by atoms with E-state index in [1.165, 1.54) is 0 Å². The van der Waals surface area contributed by atoms with Crippen molar-refractivity contribution in [2.45, 2.75) is 32.9 Å². The quantitative estimate of drug-likeness (QED) is 0.647. The van der Waals surface area contributed by atoms with Crippen LogP contribution in [0.2, 0.25) is 0 Å². The van der Waals surface area contributed by atoms with Gasteiger partial charge in [0.25, 0.3) is 5.91 Å². The molecule has 0 aliphatic carbocycles. The topological polar surface area (TPSA) is 89.1 Å². The molecule has 0 unspecified atom stereocenters. The number of hydrogen-bond acceptors (Lipinski definition) is 4. The predicted molar refractivity (Wildman–Crippen MR) is 104 cm³/mol. The first kappa shape index (κ1) is 20.5. The van der Waals surface area contributed by atoms with Crippen LogP contribution in [0, 0.1) is 0 Å². The number of rotatable bonds is 10. The van der Waals surface area contributed by atoms with E-state index < -0.39 is 12.0 Å². The molecule has 0 aromatic heterocycles. The number of carbonyl (C=O) groups is 2. The SMILES string of the molecule is CCN(CC)c1ccc(NC(=O)[C@H](CC(=O)[O-])[NH2+]Cc2ccccc2)cc1. The maximum Gasteiger partial charge on any atom is 0.283 e. The molecule has 0 saturated heterocycles. The second-order valence-electron chi connectivity index (χ2n) is 6.32. The molecule has 0 saturated carbocycles. The number of hydrogen-bond donors (Lipinski definition) is 2. The van der Waals surface area contributed by atoms with Gasteiger partial charge in [-0.2, -0.15) is 0 Å². The number of carboxylic acids is 1. The van der Waals surface area contributed by atoms with Crippen LogP contribution in [0.4, 0.5) is 11.4 Å². The van der Waals surface area contributed by atoms with Gasteiger partial charge >= 0.3 is 0 Å². The number of amides is 1. The van der Waals surface area contributed by atoms with E-state index >= 15 is 0 Å². The zero-order valence-corrected chi connectivity index (χ0v) is 15.9. The van der Waals surface area contributed by atoms with Crippen LogP contribution in [0.25, 0.3) is 0 Å². The van der Waals surface area contributed by atoms with Crippen LogP contribution < -0.4 is 20.6 Å². The standard InChI is InChI=1S/C21H27N3O3/c1-3-24(4-2)18-12-10-17(11-13-18)23-21(27)19(14-20(25)26)22-15-16-8-6-5-7-9-16/h5-13,19,22H,3-4,14-15H2,1-2H3,(H,23,27)(H,25,26)/t19-/m0/s1. The van der Waals surface area contributed by atoms with Crippen LogP contribution in [-0.4, -0.2) is 31.0 Å². The number of quaternary nitrogens is 1. The molecule has 0 aliphatic heterocycles. The van der Waals surface area contributed by atoms with E-state index in [2.05, 4.69) is 24.1 Å². The predicted octanol–water partition coefficient (Wildman–Crippen LogP) is 0.744. The molecule has 1 atom stereocenters. The van der Waals surface area contributed by atoms with Gasteiger partial charge in [0.05, 0.1) is 0 Å². The van der Waals surface area contributed by atoms with Crippen molar-refractivity contribution in [3.05, 3.63) is 60.2 Å². The Hall–Kier alpha value is -2.86. The minimum absolute atomic E-state index is 0.337. The molecule has 144 valence electrons. The first-order valence-corrected chi connectivity index (χ1v) is 9.26. The highest BCUT2D eigenvalue weighted by molar-refractivity contribution is 5.95. The molecular weight excluding hydrogens is 342 g/mol. The molecular formula is C21H27N3O3. The molecule has 2 aromatic carbocycles. The highest BCUT2D eigenvalue weighted by atomic mass is 16.4. The number of carboxylic acid groups (broad SMARTS) is 1. The van der Waals surface area contributed by atoms with Crippen molar-refractivity contribution in [3.63, 3.8) is 0 Å². The zero-order chi connectivity index (χ0) is 19.6. The summed E-state index contributed by atoms with van der Waals surface area (Å²) in [6.45, 7) is 6.51. The van der Waals surface area contributed by atoms with Gasteiger partial charge < -0.3 is 25.4 Å². The molecule has 2 aromatic rings. The lowest BCUT2D eigenvalue weighted by atomic mass is 10.1. The van der Waals surface area contributed by atoms with Gasteiger partial charge in [-0.15, -0.1) is 0 Å². The maximum atomic E-state index is 12.6. The third kappa shape index (κ3) is 6.42. The lowest BCUT2D eigenvalue weighted by Crippen LogP contribution is -2.91. The summed E-state index contributed by atoms with van der Waals surface area (Å²) < 4.78 is 0. The lowest BCUT2D eigenvalue weighted by molar-refractivity contribution is -0.691. The fourth-order valence-corrected chi connectivity index (χ4v) is 2.93. The van der Waals surface area contributed by atoms with E-state index in [1.54, 1.807) is 5.32 Å². The van der Waals surface area contributed by atoms with E-state index in [0.29, 0.717) is 12.2 Å². The number of nitrogens with two attached hydrogens (primary N) is 1. The van der Waals surface area contributed by atoms with Gasteiger partial charge in [-0.25, -0.2) is 0 Å². The zero-order valence-electron chi connectivity index (χ0n) is 15.9. The first-order valence-electron chi connectivity index (χ1n) is 9.26. The fraction of sp³-hybridized carbons (Fsp3) is 0.333. The number of carbonyl (C=O) groups excluding carboxylic acids is 2. The summed E-state index contributed by atoms with van der Waals surface area (Å²) in [6.07, 6.45) is -0.337. The molecule has 0 spiro atoms. The van der Waals surface area contributed by atoms with Gasteiger partial charge in [-0.3, -0.25) is 4.79 Å². The number of nitrogens with one attached hydrogen (secondary N) is 1. The molecule has 0 bridgehead atoms. The summed E-state index contributed by atoms with van der Waals surface area (Å²) >= 11 is 0. The van der Waals surface area contributed by atoms with Crippen LogP contribution in [0.1, 0.15) is 25.8 Å². The third-order valence-electron chi connectivity index (χ3n) is 4.47. The van der Waals surface area contributed by atoms with E-state index in [-0.39, 0.29) is 12.3 Å². The molecule has 0 radical (unpaired) electrons. The van der Waals surface area contributed by atoms with Crippen molar-refractivity contribution in [1.29, 1.82) is 0 Å². The average molecular weight is 369 g/mol. The largest absolute Gasteiger partial charge is 0.550 e. The van der Waals surface area contributed by atoms with Crippen LogP contribution in [0.3, 0.4) is 0 Å². The van der Waals surface area contributed by atoms with Crippen molar-refractivity contribution in [2.75, 3.05) is 23.3 Å². The normalized spacial score (nSPS) is 11.6. The van der Waals surface area contributed by atoms with Crippen molar-refractivity contribution < 1.29 is 20.0 Å². The molecule has 27 heavy (non-hydrogen) atoms. The smallest absolute Gasteiger partial charge is 0.283 e. The molecule has 0 aliphatic rings. The summed E-state index contributed by atoms with van der Waals surface area (Å²) in [5.41, 5.74) is 2.75. The van der Waals surface area contributed by atoms with Gasteiger partial charge in [-0.05, 0) is 38.1 Å². The highest BCUT2D eigenvalue weighted by Crippen LogP contribution is 2.17. The third-order valence-corrected chi connectivity index (χ3v) is 4.47. The Bertz CT molecular complexity index is 728. The summed E-state index contributed by atoms with van der Waals surface area (Å²) in [5, 5.41) is 15.6. The van der Waals surface area contributed by atoms with Gasteiger partial charge in [0, 0.05) is 42.4 Å². The van der Waals surface area contributed by atoms with E-state index in [0.717, 1.165) is 24.3 Å². The fourth-order valence-electron chi connectivity index (χ4n) is 2.93. The second-order valence-corrected chi connectivity index (χ2v) is 6.32. The van der Waals surface area contributed by atoms with Crippen LogP contribution in [-0.2, 0) is 16.1 Å². The van der Waals surface area contributed by atoms with E-state index in [4.69, 9.17) is 0 Å². The number of aliphatic carboxylic acids is 1. The van der Waals surface area contributed by atoms with Gasteiger partial charge in [0.2, 0.25) is 0 Å². The Morgan fingerprint density at radius 3 is 2.22 bits per heavy atom. The van der Waals surface area contributed by atoms with E-state index in [1.807, 2.05) is 54.6 Å². The Morgan fingerprint density at radius 1 is 1.04 bits per heavy atom. The molecule has 6 nitrogen and oxygen atoms in total. The van der Waals surface area contributed by atoms with Gasteiger partial charge in [0.15, 0.2) is 6.04 Å². The Morgan fingerprint density at radius 2 is 1.67 bits per heavy atom. The van der Waals surface area contributed by atoms with Crippen LogP contribution in [0.5, 0.6) is 0 Å². The Labute approximate surface area is 160 Å². The maximum absolute atomic E-state index is 12.6. The summed E-state index contributed by atoms with van der Waals surface area (Å²) in [6, 6.07) is 16.4. The van der Waals surface area contributed by atoms with Crippen molar-refractivity contribution in [2.24, 2.45) is 0 Å². The minimum Gasteiger partial charge on any atom is -0.550 e.